The van der Waals surface area contributed by atoms with Crippen molar-refractivity contribution in [3.63, 3.8) is 0 Å². The highest BCUT2D eigenvalue weighted by molar-refractivity contribution is 6.01. The molecule has 0 radical (unpaired) electrons. The Balaban J connectivity index is 2.06. The Morgan fingerprint density at radius 3 is 2.32 bits per heavy atom. The molecule has 0 saturated carbocycles. The third kappa shape index (κ3) is 4.31. The summed E-state index contributed by atoms with van der Waals surface area (Å²) in [5.41, 5.74) is 4.66. The first kappa shape index (κ1) is 17.9. The van der Waals surface area contributed by atoms with Crippen LogP contribution in [0.5, 0.6) is 5.75 Å². The van der Waals surface area contributed by atoms with Crippen molar-refractivity contribution < 1.29 is 19.2 Å². The molecule has 0 unspecified atom stereocenters. The van der Waals surface area contributed by atoms with Crippen LogP contribution in [0.25, 0.3) is 0 Å². The van der Waals surface area contributed by atoms with Crippen LogP contribution >= 0.6 is 0 Å². The van der Waals surface area contributed by atoms with E-state index in [9.17, 15) is 19.7 Å². The molecule has 2 aromatic rings. The van der Waals surface area contributed by atoms with Crippen LogP contribution < -0.4 is 15.6 Å². The van der Waals surface area contributed by atoms with Gasteiger partial charge in [0.15, 0.2) is 0 Å². The van der Waals surface area contributed by atoms with Crippen LogP contribution in [0.1, 0.15) is 33.2 Å². The fourth-order valence-corrected chi connectivity index (χ4v) is 2.21. The molecule has 0 spiro atoms. The van der Waals surface area contributed by atoms with E-state index in [4.69, 9.17) is 4.74 Å². The molecule has 2 amide bonds. The zero-order chi connectivity index (χ0) is 18.4. The fourth-order valence-electron chi connectivity index (χ4n) is 2.21. The van der Waals surface area contributed by atoms with Gasteiger partial charge in [-0.3, -0.25) is 30.6 Å². The normalized spacial score (nSPS) is 10.0. The summed E-state index contributed by atoms with van der Waals surface area (Å²) in [5.74, 6) is -0.695. The summed E-state index contributed by atoms with van der Waals surface area (Å²) in [6.45, 7) is 3.89. The quantitative estimate of drug-likeness (QED) is 0.639. The zero-order valence-electron chi connectivity index (χ0n) is 13.7. The maximum Gasteiger partial charge on any atom is 0.285 e. The second-order valence-electron chi connectivity index (χ2n) is 5.09. The summed E-state index contributed by atoms with van der Waals surface area (Å²) < 4.78 is 5.28. The number of nitro groups is 1. The van der Waals surface area contributed by atoms with Crippen LogP contribution in [0.3, 0.4) is 0 Å². The summed E-state index contributed by atoms with van der Waals surface area (Å²) in [7, 11) is 0. The number of hydrogen-bond acceptors (Lipinski definition) is 5. The number of nitrogens with zero attached hydrogens (tertiary/aromatic N) is 1. The number of ether oxygens (including phenoxy) is 1. The number of carbonyl (C=O) groups is 2. The Morgan fingerprint density at radius 1 is 1.08 bits per heavy atom. The molecule has 0 fully saturated rings. The average molecular weight is 343 g/mol. The lowest BCUT2D eigenvalue weighted by Gasteiger charge is -2.09. The summed E-state index contributed by atoms with van der Waals surface area (Å²) in [6, 6.07) is 10.7. The monoisotopic (exact) mass is 343 g/mol. The van der Waals surface area contributed by atoms with Crippen LogP contribution in [0.15, 0.2) is 42.5 Å². The van der Waals surface area contributed by atoms with Crippen molar-refractivity contribution in [1.29, 1.82) is 0 Å². The Labute approximate surface area is 143 Å². The van der Waals surface area contributed by atoms with Gasteiger partial charge < -0.3 is 4.74 Å². The maximum absolute atomic E-state index is 12.1. The van der Waals surface area contributed by atoms with Gasteiger partial charge in [-0.15, -0.1) is 0 Å². The number of carbonyl (C=O) groups excluding carboxylic acids is 2. The van der Waals surface area contributed by atoms with Crippen molar-refractivity contribution in [2.24, 2.45) is 0 Å². The predicted molar refractivity (Wildman–Crippen MR) is 90.4 cm³/mol. The Bertz CT molecular complexity index is 802. The number of hydrogen-bond donors (Lipinski definition) is 2. The highest BCUT2D eigenvalue weighted by Gasteiger charge is 2.22. The minimum atomic E-state index is -0.769. The van der Waals surface area contributed by atoms with Crippen molar-refractivity contribution in [2.45, 2.75) is 13.8 Å². The first-order valence-electron chi connectivity index (χ1n) is 7.51. The van der Waals surface area contributed by atoms with Crippen molar-refractivity contribution in [3.05, 3.63) is 69.3 Å². The molecule has 0 heterocycles. The van der Waals surface area contributed by atoms with E-state index >= 15 is 0 Å². The maximum atomic E-state index is 12.1. The molecule has 2 aromatic carbocycles. The second kappa shape index (κ2) is 7.91. The molecule has 0 aromatic heterocycles. The van der Waals surface area contributed by atoms with Gasteiger partial charge in [0, 0.05) is 11.1 Å². The lowest BCUT2D eigenvalue weighted by molar-refractivity contribution is -0.385. The number of nitrogens with one attached hydrogen (secondary N) is 2. The van der Waals surface area contributed by atoms with Gasteiger partial charge in [0.2, 0.25) is 0 Å². The SMILES string of the molecule is CCOc1ccc(C(=O)NNC(=O)c2cccc(C)c2[N+](=O)[O-])cc1. The molecule has 0 saturated heterocycles. The van der Waals surface area contributed by atoms with E-state index in [1.807, 2.05) is 6.92 Å². The number of nitro benzene ring substituents is 1. The minimum absolute atomic E-state index is 0.128. The highest BCUT2D eigenvalue weighted by atomic mass is 16.6. The molecule has 0 atom stereocenters. The molecule has 2 rings (SSSR count). The third-order valence-corrected chi connectivity index (χ3v) is 3.38. The first-order chi connectivity index (χ1) is 11.9. The van der Waals surface area contributed by atoms with E-state index < -0.39 is 16.7 Å². The smallest absolute Gasteiger partial charge is 0.285 e. The Hall–Kier alpha value is -3.42. The Kier molecular flexibility index (Phi) is 5.67. The molecular weight excluding hydrogens is 326 g/mol. The van der Waals surface area contributed by atoms with Gasteiger partial charge in [0.25, 0.3) is 17.5 Å². The third-order valence-electron chi connectivity index (χ3n) is 3.38. The van der Waals surface area contributed by atoms with Crippen molar-refractivity contribution in [3.8, 4) is 5.75 Å². The molecule has 0 aliphatic heterocycles. The van der Waals surface area contributed by atoms with Gasteiger partial charge in [0.1, 0.15) is 11.3 Å². The molecule has 25 heavy (non-hydrogen) atoms. The highest BCUT2D eigenvalue weighted by Crippen LogP contribution is 2.22. The van der Waals surface area contributed by atoms with Crippen LogP contribution in [0, 0.1) is 17.0 Å². The van der Waals surface area contributed by atoms with E-state index in [1.54, 1.807) is 24.3 Å². The number of aryl methyl sites for hydroxylation is 1. The summed E-state index contributed by atoms with van der Waals surface area (Å²) in [4.78, 5) is 34.7. The average Bonchev–Trinajstić information content (AvgIpc) is 2.59. The van der Waals surface area contributed by atoms with Gasteiger partial charge in [-0.25, -0.2) is 0 Å². The standard InChI is InChI=1S/C17H17N3O5/c1-3-25-13-9-7-12(8-10-13)16(21)18-19-17(22)14-6-4-5-11(2)15(14)20(23)24/h4-10H,3H2,1-2H3,(H,18,21)(H,19,22). The van der Waals surface area contributed by atoms with Gasteiger partial charge in [-0.1, -0.05) is 12.1 Å². The van der Waals surface area contributed by atoms with E-state index in [0.29, 0.717) is 23.5 Å². The minimum Gasteiger partial charge on any atom is -0.494 e. The topological polar surface area (TPSA) is 111 Å². The number of hydrazine groups is 1. The number of benzene rings is 2. The second-order valence-corrected chi connectivity index (χ2v) is 5.09. The van der Waals surface area contributed by atoms with Crippen LogP contribution in [-0.2, 0) is 0 Å². The summed E-state index contributed by atoms with van der Waals surface area (Å²) in [5, 5.41) is 11.1. The molecule has 0 aliphatic carbocycles. The number of amides is 2. The van der Waals surface area contributed by atoms with Crippen LogP contribution in [-0.4, -0.2) is 23.3 Å². The van der Waals surface area contributed by atoms with Gasteiger partial charge in [-0.05, 0) is 44.2 Å². The van der Waals surface area contributed by atoms with Gasteiger partial charge in [0.05, 0.1) is 11.5 Å². The van der Waals surface area contributed by atoms with Gasteiger partial charge in [-0.2, -0.15) is 0 Å². The lowest BCUT2D eigenvalue weighted by atomic mass is 10.1. The van der Waals surface area contributed by atoms with E-state index in [0.717, 1.165) is 0 Å². The summed E-state index contributed by atoms with van der Waals surface area (Å²) >= 11 is 0. The number of rotatable bonds is 5. The molecule has 2 N–H and O–H groups in total. The summed E-state index contributed by atoms with van der Waals surface area (Å²) in [6.07, 6.45) is 0. The fraction of sp³-hybridized carbons (Fsp3) is 0.176. The van der Waals surface area contributed by atoms with E-state index in [-0.39, 0.29) is 11.3 Å². The molecule has 0 aliphatic rings. The van der Waals surface area contributed by atoms with Crippen molar-refractivity contribution in [1.82, 2.24) is 10.9 Å². The first-order valence-corrected chi connectivity index (χ1v) is 7.51. The Morgan fingerprint density at radius 2 is 1.72 bits per heavy atom. The molecule has 8 heteroatoms. The van der Waals surface area contributed by atoms with Crippen molar-refractivity contribution >= 4 is 17.5 Å². The van der Waals surface area contributed by atoms with E-state index in [2.05, 4.69) is 10.9 Å². The van der Waals surface area contributed by atoms with Crippen molar-refractivity contribution in [2.75, 3.05) is 6.61 Å². The molecule has 0 bridgehead atoms. The zero-order valence-corrected chi connectivity index (χ0v) is 13.7. The largest absolute Gasteiger partial charge is 0.494 e. The molecule has 130 valence electrons. The molecular formula is C17H17N3O5. The predicted octanol–water partition coefficient (Wildman–Crippen LogP) is 2.38. The lowest BCUT2D eigenvalue weighted by Crippen LogP contribution is -2.41. The van der Waals surface area contributed by atoms with Crippen LogP contribution in [0.4, 0.5) is 5.69 Å². The molecule has 8 nitrogen and oxygen atoms in total. The number of para-hydroxylation sites is 1. The van der Waals surface area contributed by atoms with Crippen LogP contribution in [0.2, 0.25) is 0 Å². The van der Waals surface area contributed by atoms with Gasteiger partial charge >= 0.3 is 0 Å². The van der Waals surface area contributed by atoms with E-state index in [1.165, 1.54) is 25.1 Å².